The summed E-state index contributed by atoms with van der Waals surface area (Å²) in [4.78, 5) is 11.6. The van der Waals surface area contributed by atoms with E-state index in [2.05, 4.69) is 26.6 Å². The molecule has 0 radical (unpaired) electrons. The normalized spacial score (nSPS) is 14.0. The molecule has 0 saturated heterocycles. The lowest BCUT2D eigenvalue weighted by molar-refractivity contribution is -0.123. The van der Waals surface area contributed by atoms with Crippen molar-refractivity contribution in [3.05, 3.63) is 28.2 Å². The van der Waals surface area contributed by atoms with Gasteiger partial charge < -0.3 is 20.1 Å². The summed E-state index contributed by atoms with van der Waals surface area (Å²) in [5, 5.41) is 6.18. The largest absolute Gasteiger partial charge is 0.483 e. The second-order valence-corrected chi connectivity index (χ2v) is 5.95. The summed E-state index contributed by atoms with van der Waals surface area (Å²) in [6.45, 7) is 1.77. The summed E-state index contributed by atoms with van der Waals surface area (Å²) >= 11 is 3.46. The van der Waals surface area contributed by atoms with Gasteiger partial charge in [-0.3, -0.25) is 4.79 Å². The summed E-state index contributed by atoms with van der Waals surface area (Å²) < 4.78 is 11.5. The van der Waals surface area contributed by atoms with E-state index in [1.54, 1.807) is 7.11 Å². The first-order valence-electron chi connectivity index (χ1n) is 7.09. The summed E-state index contributed by atoms with van der Waals surface area (Å²) in [7, 11) is 1.60. The van der Waals surface area contributed by atoms with Crippen molar-refractivity contribution in [1.82, 2.24) is 10.6 Å². The molecule has 5 nitrogen and oxygen atoms in total. The number of amides is 1. The quantitative estimate of drug-likeness (QED) is 0.663. The molecule has 0 unspecified atom stereocenters. The molecule has 0 aliphatic heterocycles. The number of benzene rings is 1. The van der Waals surface area contributed by atoms with Gasteiger partial charge in [-0.15, -0.1) is 0 Å². The van der Waals surface area contributed by atoms with E-state index in [4.69, 9.17) is 9.47 Å². The number of carbonyl (C=O) groups excluding carboxylic acids is 1. The maximum atomic E-state index is 11.6. The molecule has 0 aromatic heterocycles. The molecule has 0 spiro atoms. The Morgan fingerprint density at radius 3 is 2.95 bits per heavy atom. The van der Waals surface area contributed by atoms with Crippen LogP contribution in [0.25, 0.3) is 0 Å². The Balaban J connectivity index is 1.84. The van der Waals surface area contributed by atoms with Crippen LogP contribution in [-0.4, -0.2) is 38.8 Å². The summed E-state index contributed by atoms with van der Waals surface area (Å²) in [5.74, 6) is 0.601. The molecule has 1 aliphatic rings. The van der Waals surface area contributed by atoms with Gasteiger partial charge in [-0.1, -0.05) is 15.9 Å². The van der Waals surface area contributed by atoms with E-state index >= 15 is 0 Å². The van der Waals surface area contributed by atoms with Gasteiger partial charge in [0.05, 0.1) is 6.61 Å². The van der Waals surface area contributed by atoms with Gasteiger partial charge in [-0.2, -0.15) is 0 Å². The molecular formula is C15H21BrN2O3. The monoisotopic (exact) mass is 356 g/mol. The van der Waals surface area contributed by atoms with Crippen LogP contribution in [0.1, 0.15) is 18.4 Å². The molecule has 2 rings (SSSR count). The van der Waals surface area contributed by atoms with Crippen molar-refractivity contribution < 1.29 is 14.3 Å². The van der Waals surface area contributed by atoms with Gasteiger partial charge in [-0.05, 0) is 31.0 Å². The Morgan fingerprint density at radius 2 is 2.24 bits per heavy atom. The zero-order valence-corrected chi connectivity index (χ0v) is 13.7. The minimum Gasteiger partial charge on any atom is -0.483 e. The predicted octanol–water partition coefficient (Wildman–Crippen LogP) is 1.84. The van der Waals surface area contributed by atoms with Gasteiger partial charge in [0.2, 0.25) is 0 Å². The topological polar surface area (TPSA) is 59.6 Å². The lowest BCUT2D eigenvalue weighted by Gasteiger charge is -2.12. The maximum Gasteiger partial charge on any atom is 0.258 e. The third-order valence-corrected chi connectivity index (χ3v) is 3.66. The highest BCUT2D eigenvalue weighted by Gasteiger charge is 2.20. The highest BCUT2D eigenvalue weighted by molar-refractivity contribution is 9.10. The molecule has 1 aliphatic carbocycles. The molecule has 0 bridgehead atoms. The third kappa shape index (κ3) is 6.03. The van der Waals surface area contributed by atoms with Crippen LogP contribution in [-0.2, 0) is 16.1 Å². The van der Waals surface area contributed by atoms with E-state index in [1.165, 1.54) is 12.8 Å². The van der Waals surface area contributed by atoms with Gasteiger partial charge in [0, 0.05) is 36.3 Å². The van der Waals surface area contributed by atoms with Crippen molar-refractivity contribution in [3.63, 3.8) is 0 Å². The van der Waals surface area contributed by atoms with Crippen LogP contribution in [0, 0.1) is 0 Å². The average molecular weight is 357 g/mol. The summed E-state index contributed by atoms with van der Waals surface area (Å²) in [5.41, 5.74) is 1.06. The lowest BCUT2D eigenvalue weighted by Crippen LogP contribution is -2.31. The maximum absolute atomic E-state index is 11.6. The van der Waals surface area contributed by atoms with Crippen molar-refractivity contribution in [2.75, 3.05) is 26.9 Å². The van der Waals surface area contributed by atoms with Crippen LogP contribution in [0.4, 0.5) is 0 Å². The first-order valence-corrected chi connectivity index (χ1v) is 7.88. The standard InChI is InChI=1S/C15H21BrN2O3/c1-20-7-6-17-15(19)10-21-14-5-2-12(16)8-11(14)9-18-13-3-4-13/h2,5,8,13,18H,3-4,6-7,9-10H2,1H3,(H,17,19). The SMILES string of the molecule is COCCNC(=O)COc1ccc(Br)cc1CNC1CC1. The van der Waals surface area contributed by atoms with Crippen LogP contribution in [0.15, 0.2) is 22.7 Å². The molecule has 0 atom stereocenters. The molecule has 1 aromatic rings. The number of carbonyl (C=O) groups is 1. The molecule has 0 heterocycles. The molecule has 1 fully saturated rings. The predicted molar refractivity (Wildman–Crippen MR) is 84.4 cm³/mol. The average Bonchev–Trinajstić information content (AvgIpc) is 3.28. The summed E-state index contributed by atoms with van der Waals surface area (Å²) in [6, 6.07) is 6.46. The number of methoxy groups -OCH3 is 1. The van der Waals surface area contributed by atoms with Gasteiger partial charge in [-0.25, -0.2) is 0 Å². The number of nitrogens with one attached hydrogen (secondary N) is 2. The van der Waals surface area contributed by atoms with Crippen molar-refractivity contribution in [2.24, 2.45) is 0 Å². The van der Waals surface area contributed by atoms with Crippen LogP contribution in [0.5, 0.6) is 5.75 Å². The molecule has 2 N–H and O–H groups in total. The Hall–Kier alpha value is -1.11. The molecule has 1 amide bonds. The second-order valence-electron chi connectivity index (χ2n) is 5.04. The van der Waals surface area contributed by atoms with Crippen LogP contribution in [0.3, 0.4) is 0 Å². The van der Waals surface area contributed by atoms with Crippen LogP contribution >= 0.6 is 15.9 Å². The first-order chi connectivity index (χ1) is 10.2. The van der Waals surface area contributed by atoms with E-state index in [-0.39, 0.29) is 12.5 Å². The van der Waals surface area contributed by atoms with Crippen molar-refractivity contribution in [1.29, 1.82) is 0 Å². The van der Waals surface area contributed by atoms with E-state index in [0.717, 1.165) is 22.3 Å². The number of rotatable bonds is 9. The van der Waals surface area contributed by atoms with Gasteiger partial charge in [0.15, 0.2) is 6.61 Å². The molecule has 1 saturated carbocycles. The number of hydrogen-bond donors (Lipinski definition) is 2. The fourth-order valence-electron chi connectivity index (χ4n) is 1.86. The first kappa shape index (κ1) is 16.3. The lowest BCUT2D eigenvalue weighted by atomic mass is 10.2. The molecule has 21 heavy (non-hydrogen) atoms. The number of ether oxygens (including phenoxy) is 2. The zero-order valence-electron chi connectivity index (χ0n) is 12.2. The van der Waals surface area contributed by atoms with Gasteiger partial charge in [0.1, 0.15) is 5.75 Å². The van der Waals surface area contributed by atoms with Crippen molar-refractivity contribution >= 4 is 21.8 Å². The van der Waals surface area contributed by atoms with Crippen molar-refractivity contribution in [2.45, 2.75) is 25.4 Å². The van der Waals surface area contributed by atoms with Gasteiger partial charge >= 0.3 is 0 Å². The third-order valence-electron chi connectivity index (χ3n) is 3.17. The summed E-state index contributed by atoms with van der Waals surface area (Å²) in [6.07, 6.45) is 2.48. The van der Waals surface area contributed by atoms with E-state index < -0.39 is 0 Å². The fraction of sp³-hybridized carbons (Fsp3) is 0.533. The molecule has 1 aromatic carbocycles. The number of hydrogen-bond acceptors (Lipinski definition) is 4. The Morgan fingerprint density at radius 1 is 1.43 bits per heavy atom. The fourth-order valence-corrected chi connectivity index (χ4v) is 2.26. The molecule has 116 valence electrons. The van der Waals surface area contributed by atoms with E-state index in [9.17, 15) is 4.79 Å². The Bertz CT molecular complexity index is 478. The Kier molecular flexibility index (Phi) is 6.48. The highest BCUT2D eigenvalue weighted by Crippen LogP contribution is 2.25. The number of halogens is 1. The minimum absolute atomic E-state index is 0.0157. The van der Waals surface area contributed by atoms with Crippen molar-refractivity contribution in [3.8, 4) is 5.75 Å². The molecular weight excluding hydrogens is 336 g/mol. The highest BCUT2D eigenvalue weighted by atomic mass is 79.9. The van der Waals surface area contributed by atoms with E-state index in [0.29, 0.717) is 19.2 Å². The van der Waals surface area contributed by atoms with Gasteiger partial charge in [0.25, 0.3) is 5.91 Å². The second kappa shape index (κ2) is 8.36. The zero-order chi connectivity index (χ0) is 15.1. The smallest absolute Gasteiger partial charge is 0.258 e. The molecule has 6 heteroatoms. The Labute approximate surface area is 133 Å². The van der Waals surface area contributed by atoms with Crippen LogP contribution in [0.2, 0.25) is 0 Å². The van der Waals surface area contributed by atoms with E-state index in [1.807, 2.05) is 18.2 Å². The van der Waals surface area contributed by atoms with Crippen LogP contribution < -0.4 is 15.4 Å². The minimum atomic E-state index is -0.143.